The van der Waals surface area contributed by atoms with Crippen molar-refractivity contribution >= 4 is 9.84 Å². The minimum Gasteiger partial charge on any atom is -0.381 e. The summed E-state index contributed by atoms with van der Waals surface area (Å²) in [6.07, 6.45) is 4.49. The molecule has 1 saturated carbocycles. The van der Waals surface area contributed by atoms with Gasteiger partial charge in [-0.15, -0.1) is 0 Å². The summed E-state index contributed by atoms with van der Waals surface area (Å²) in [6.45, 7) is 3.38. The van der Waals surface area contributed by atoms with Crippen LogP contribution in [-0.2, 0) is 20.1 Å². The molecule has 1 atom stereocenters. The maximum Gasteiger partial charge on any atom is 0.166 e. The normalized spacial score (nSPS) is 33.3. The standard InChI is InChI=1S/C23H37N3O4S/c1-24(2)23(20-7-5-4-6-8-20)11-9-22(10-12-23)18-25(13-14-31(3,28)29)21(27)26(22)15-19-16-30-17-19/h4-8,19,21,27H,9-18H2,1-3H3. The molecule has 1 aromatic carbocycles. The lowest BCUT2D eigenvalue weighted by Crippen LogP contribution is -2.58. The predicted molar refractivity (Wildman–Crippen MR) is 121 cm³/mol. The van der Waals surface area contributed by atoms with Gasteiger partial charge in [0.1, 0.15) is 9.84 Å². The highest BCUT2D eigenvalue weighted by molar-refractivity contribution is 7.90. The highest BCUT2D eigenvalue weighted by atomic mass is 32.2. The van der Waals surface area contributed by atoms with E-state index in [0.29, 0.717) is 12.5 Å². The number of nitrogens with zero attached hydrogens (tertiary/aromatic N) is 3. The number of aliphatic hydroxyl groups excluding tert-OH is 1. The third kappa shape index (κ3) is 4.56. The molecule has 3 aliphatic rings. The van der Waals surface area contributed by atoms with E-state index in [1.165, 1.54) is 11.8 Å². The summed E-state index contributed by atoms with van der Waals surface area (Å²) < 4.78 is 28.9. The Labute approximate surface area is 186 Å². The molecule has 2 heterocycles. The van der Waals surface area contributed by atoms with Crippen molar-refractivity contribution in [2.45, 2.75) is 43.1 Å². The summed E-state index contributed by atoms with van der Waals surface area (Å²) in [5.41, 5.74) is 1.21. The summed E-state index contributed by atoms with van der Waals surface area (Å²) in [6, 6.07) is 10.7. The fourth-order valence-corrected chi connectivity index (χ4v) is 6.31. The molecule has 4 rings (SSSR count). The molecule has 1 unspecified atom stereocenters. The first kappa shape index (κ1) is 23.1. The van der Waals surface area contributed by atoms with Gasteiger partial charge in [0.15, 0.2) is 6.35 Å². The highest BCUT2D eigenvalue weighted by Gasteiger charge is 2.55. The number of benzene rings is 1. The molecule has 1 N–H and O–H groups in total. The van der Waals surface area contributed by atoms with Gasteiger partial charge >= 0.3 is 0 Å². The van der Waals surface area contributed by atoms with Gasteiger partial charge in [-0.25, -0.2) is 8.42 Å². The zero-order valence-electron chi connectivity index (χ0n) is 19.0. The Hall–Kier alpha value is -1.03. The van der Waals surface area contributed by atoms with Crippen molar-refractivity contribution < 1.29 is 18.3 Å². The molecule has 3 fully saturated rings. The molecule has 0 radical (unpaired) electrons. The van der Waals surface area contributed by atoms with Gasteiger partial charge in [0.2, 0.25) is 0 Å². The van der Waals surface area contributed by atoms with Gasteiger partial charge in [0, 0.05) is 42.9 Å². The number of ether oxygens (including phenoxy) is 1. The average Bonchev–Trinajstić information content (AvgIpc) is 2.95. The van der Waals surface area contributed by atoms with Gasteiger partial charge in [-0.05, 0) is 45.3 Å². The zero-order chi connectivity index (χ0) is 22.3. The Morgan fingerprint density at radius 2 is 1.77 bits per heavy atom. The molecule has 8 heteroatoms. The largest absolute Gasteiger partial charge is 0.381 e. The first-order valence-corrected chi connectivity index (χ1v) is 13.4. The SMILES string of the molecule is CN(C)C1(c2ccccc2)CCC2(CC1)CN(CCS(C)(=O)=O)C(O)N2CC1COC1. The van der Waals surface area contributed by atoms with E-state index in [0.717, 1.165) is 52.0 Å². The smallest absolute Gasteiger partial charge is 0.166 e. The molecule has 2 aliphatic heterocycles. The van der Waals surface area contributed by atoms with E-state index in [4.69, 9.17) is 4.74 Å². The van der Waals surface area contributed by atoms with E-state index < -0.39 is 16.2 Å². The minimum atomic E-state index is -3.08. The molecule has 0 amide bonds. The van der Waals surface area contributed by atoms with Crippen LogP contribution in [0.4, 0.5) is 0 Å². The summed E-state index contributed by atoms with van der Waals surface area (Å²) in [5, 5.41) is 11.2. The summed E-state index contributed by atoms with van der Waals surface area (Å²) in [4.78, 5) is 6.57. The van der Waals surface area contributed by atoms with Crippen molar-refractivity contribution in [3.05, 3.63) is 35.9 Å². The lowest BCUT2D eigenvalue weighted by molar-refractivity contribution is -0.125. The Kier molecular flexibility index (Phi) is 6.51. The van der Waals surface area contributed by atoms with E-state index >= 15 is 0 Å². The molecule has 1 aromatic rings. The Bertz CT molecular complexity index is 849. The van der Waals surface area contributed by atoms with Crippen LogP contribution < -0.4 is 0 Å². The average molecular weight is 452 g/mol. The van der Waals surface area contributed by atoms with E-state index in [2.05, 4.69) is 54.2 Å². The molecule has 1 spiro atoms. The van der Waals surface area contributed by atoms with Crippen molar-refractivity contribution in [3.63, 3.8) is 0 Å². The number of aliphatic hydroxyl groups is 1. The second kappa shape index (κ2) is 8.72. The maximum atomic E-state index is 11.8. The van der Waals surface area contributed by atoms with Crippen molar-refractivity contribution in [2.75, 3.05) is 59.0 Å². The van der Waals surface area contributed by atoms with Crippen LogP contribution in [0.5, 0.6) is 0 Å². The van der Waals surface area contributed by atoms with Crippen LogP contribution in [0, 0.1) is 5.92 Å². The zero-order valence-corrected chi connectivity index (χ0v) is 19.9. The number of hydrogen-bond donors (Lipinski definition) is 1. The Morgan fingerprint density at radius 3 is 2.29 bits per heavy atom. The van der Waals surface area contributed by atoms with Crippen molar-refractivity contribution in [1.29, 1.82) is 0 Å². The summed E-state index contributed by atoms with van der Waals surface area (Å²) >= 11 is 0. The Balaban J connectivity index is 1.56. The first-order chi connectivity index (χ1) is 14.7. The summed E-state index contributed by atoms with van der Waals surface area (Å²) in [5.74, 6) is 0.516. The molecule has 7 nitrogen and oxygen atoms in total. The molecular formula is C23H37N3O4S. The lowest BCUT2D eigenvalue weighted by atomic mass is 9.68. The van der Waals surface area contributed by atoms with Gasteiger partial charge in [0.05, 0.1) is 19.0 Å². The van der Waals surface area contributed by atoms with Crippen LogP contribution >= 0.6 is 0 Å². The van der Waals surface area contributed by atoms with Crippen LogP contribution in [0.15, 0.2) is 30.3 Å². The van der Waals surface area contributed by atoms with Gasteiger partial charge in [-0.2, -0.15) is 0 Å². The maximum absolute atomic E-state index is 11.8. The second-order valence-corrected chi connectivity index (χ2v) is 12.3. The number of hydrogen-bond acceptors (Lipinski definition) is 7. The van der Waals surface area contributed by atoms with Crippen molar-refractivity contribution in [1.82, 2.24) is 14.7 Å². The third-order valence-corrected chi connectivity index (χ3v) is 8.72. The molecular weight excluding hydrogens is 414 g/mol. The molecule has 174 valence electrons. The third-order valence-electron chi connectivity index (χ3n) is 7.80. The predicted octanol–water partition coefficient (Wildman–Crippen LogP) is 1.34. The van der Waals surface area contributed by atoms with E-state index in [1.807, 2.05) is 4.90 Å². The number of sulfone groups is 1. The fraction of sp³-hybridized carbons (Fsp3) is 0.739. The number of rotatable bonds is 7. The summed E-state index contributed by atoms with van der Waals surface area (Å²) in [7, 11) is 1.25. The minimum absolute atomic E-state index is 0.0110. The van der Waals surface area contributed by atoms with Crippen LogP contribution in [0.2, 0.25) is 0 Å². The lowest BCUT2D eigenvalue weighted by Gasteiger charge is -2.52. The van der Waals surface area contributed by atoms with E-state index in [9.17, 15) is 13.5 Å². The van der Waals surface area contributed by atoms with Gasteiger partial charge < -0.3 is 9.84 Å². The molecule has 2 saturated heterocycles. The van der Waals surface area contributed by atoms with Crippen LogP contribution in [0.25, 0.3) is 0 Å². The quantitative estimate of drug-likeness (QED) is 0.671. The monoisotopic (exact) mass is 451 g/mol. The van der Waals surface area contributed by atoms with Crippen LogP contribution in [0.3, 0.4) is 0 Å². The van der Waals surface area contributed by atoms with Crippen LogP contribution in [0.1, 0.15) is 31.2 Å². The van der Waals surface area contributed by atoms with Gasteiger partial charge in [0.25, 0.3) is 0 Å². The topological polar surface area (TPSA) is 73.3 Å². The van der Waals surface area contributed by atoms with Crippen LogP contribution in [-0.4, -0.2) is 99.1 Å². The van der Waals surface area contributed by atoms with Gasteiger partial charge in [-0.1, -0.05) is 30.3 Å². The highest BCUT2D eigenvalue weighted by Crippen LogP contribution is 2.49. The Morgan fingerprint density at radius 1 is 1.13 bits per heavy atom. The molecule has 0 bridgehead atoms. The first-order valence-electron chi connectivity index (χ1n) is 11.3. The molecule has 1 aliphatic carbocycles. The van der Waals surface area contributed by atoms with Crippen molar-refractivity contribution in [3.8, 4) is 0 Å². The molecule has 31 heavy (non-hydrogen) atoms. The fourth-order valence-electron chi connectivity index (χ4n) is 5.74. The van der Waals surface area contributed by atoms with Gasteiger partial charge in [-0.3, -0.25) is 14.7 Å². The van der Waals surface area contributed by atoms with E-state index in [-0.39, 0.29) is 16.8 Å². The van der Waals surface area contributed by atoms with Crippen molar-refractivity contribution in [2.24, 2.45) is 5.92 Å². The second-order valence-electron chi connectivity index (χ2n) is 10.0. The van der Waals surface area contributed by atoms with E-state index in [1.54, 1.807) is 0 Å². The molecule has 0 aromatic heterocycles.